The number of benzene rings is 1. The molecule has 3 nitrogen and oxygen atoms in total. The molecule has 1 aliphatic heterocycles. The highest BCUT2D eigenvalue weighted by Gasteiger charge is 2.22. The first-order valence-electron chi connectivity index (χ1n) is 6.29. The van der Waals surface area contributed by atoms with Gasteiger partial charge in [-0.25, -0.2) is 0 Å². The summed E-state index contributed by atoms with van der Waals surface area (Å²) >= 11 is 6.29. The Morgan fingerprint density at radius 2 is 2.33 bits per heavy atom. The first kappa shape index (κ1) is 13.2. The highest BCUT2D eigenvalue weighted by atomic mass is 35.5. The lowest BCUT2D eigenvalue weighted by Gasteiger charge is -2.25. The van der Waals surface area contributed by atoms with Crippen molar-refractivity contribution < 1.29 is 0 Å². The van der Waals surface area contributed by atoms with Crippen LogP contribution in [-0.4, -0.2) is 24.0 Å². The average Bonchev–Trinajstić information content (AvgIpc) is 2.52. The molecule has 3 N–H and O–H groups in total. The van der Waals surface area contributed by atoms with E-state index in [1.807, 2.05) is 19.1 Å². The lowest BCUT2D eigenvalue weighted by molar-refractivity contribution is 0.236. The smallest absolute Gasteiger partial charge is 0.0635 e. The van der Waals surface area contributed by atoms with Crippen molar-refractivity contribution in [2.75, 3.05) is 24.1 Å². The van der Waals surface area contributed by atoms with Crippen LogP contribution in [0.3, 0.4) is 0 Å². The van der Waals surface area contributed by atoms with Gasteiger partial charge in [0.1, 0.15) is 0 Å². The molecule has 0 saturated heterocycles. The molecule has 1 aromatic rings. The van der Waals surface area contributed by atoms with Crippen LogP contribution in [0.1, 0.15) is 19.4 Å². The van der Waals surface area contributed by atoms with Crippen molar-refractivity contribution >= 4 is 23.0 Å². The fourth-order valence-corrected chi connectivity index (χ4v) is 2.44. The quantitative estimate of drug-likeness (QED) is 0.638. The third-order valence-electron chi connectivity index (χ3n) is 3.42. The van der Waals surface area contributed by atoms with E-state index in [0.29, 0.717) is 6.04 Å². The highest BCUT2D eigenvalue weighted by Crippen LogP contribution is 2.33. The molecule has 98 valence electrons. The van der Waals surface area contributed by atoms with Gasteiger partial charge in [0.2, 0.25) is 0 Å². The van der Waals surface area contributed by atoms with Crippen LogP contribution in [-0.2, 0) is 6.54 Å². The maximum Gasteiger partial charge on any atom is 0.0635 e. The molecule has 1 aromatic carbocycles. The number of nitrogens with two attached hydrogens (primary N) is 1. The summed E-state index contributed by atoms with van der Waals surface area (Å²) in [6.07, 6.45) is 4.24. The Hall–Kier alpha value is -1.19. The number of anilines is 2. The van der Waals surface area contributed by atoms with Crippen molar-refractivity contribution in [1.82, 2.24) is 4.90 Å². The van der Waals surface area contributed by atoms with E-state index in [9.17, 15) is 0 Å². The van der Waals surface area contributed by atoms with Crippen LogP contribution < -0.4 is 11.1 Å². The minimum Gasteiger partial charge on any atom is -0.397 e. The van der Waals surface area contributed by atoms with Gasteiger partial charge in [-0.1, -0.05) is 23.8 Å². The molecule has 0 unspecified atom stereocenters. The normalized spacial score (nSPS) is 20.5. The molecule has 0 bridgehead atoms. The number of nitrogen functional groups attached to an aromatic ring is 1. The summed E-state index contributed by atoms with van der Waals surface area (Å²) in [6.45, 7) is 6.91. The molecule has 0 saturated carbocycles. The average molecular weight is 266 g/mol. The lowest BCUT2D eigenvalue weighted by atomic mass is 10.1. The second-order valence-corrected chi connectivity index (χ2v) is 5.13. The van der Waals surface area contributed by atoms with Gasteiger partial charge in [0.25, 0.3) is 0 Å². The molecular weight excluding hydrogens is 246 g/mol. The molecule has 4 heteroatoms. The minimum atomic E-state index is 0.448. The van der Waals surface area contributed by atoms with Crippen LogP contribution in [0.2, 0.25) is 5.02 Å². The van der Waals surface area contributed by atoms with E-state index in [1.54, 1.807) is 0 Å². The topological polar surface area (TPSA) is 41.3 Å². The Bertz CT molecular complexity index is 457. The maximum atomic E-state index is 6.29. The van der Waals surface area contributed by atoms with E-state index < -0.39 is 0 Å². The van der Waals surface area contributed by atoms with Crippen LogP contribution >= 0.6 is 11.6 Å². The summed E-state index contributed by atoms with van der Waals surface area (Å²) in [5, 5.41) is 4.20. The van der Waals surface area contributed by atoms with Crippen LogP contribution in [0.4, 0.5) is 11.4 Å². The largest absolute Gasteiger partial charge is 0.397 e. The van der Waals surface area contributed by atoms with Crippen LogP contribution in [0.25, 0.3) is 0 Å². The SMILES string of the molecule is C/C=C\CN1Cc2c(Cl)ccc(N)c2NC[C@@H]1C. The Labute approximate surface area is 114 Å². The van der Waals surface area contributed by atoms with Crippen molar-refractivity contribution in [3.8, 4) is 0 Å². The van der Waals surface area contributed by atoms with Gasteiger partial charge in [0, 0.05) is 36.3 Å². The van der Waals surface area contributed by atoms with Crippen molar-refractivity contribution in [2.45, 2.75) is 26.4 Å². The summed E-state index contributed by atoms with van der Waals surface area (Å²) < 4.78 is 0. The molecule has 0 amide bonds. The van der Waals surface area contributed by atoms with Crippen molar-refractivity contribution in [3.63, 3.8) is 0 Å². The van der Waals surface area contributed by atoms with E-state index in [-0.39, 0.29) is 0 Å². The molecular formula is C14H20ClN3. The van der Waals surface area contributed by atoms with Gasteiger partial charge in [-0.05, 0) is 26.0 Å². The van der Waals surface area contributed by atoms with E-state index in [2.05, 4.69) is 29.3 Å². The molecule has 0 fully saturated rings. The van der Waals surface area contributed by atoms with Crippen molar-refractivity contribution in [3.05, 3.63) is 34.9 Å². The first-order chi connectivity index (χ1) is 8.63. The van der Waals surface area contributed by atoms with Gasteiger partial charge < -0.3 is 11.1 Å². The molecule has 1 aliphatic rings. The van der Waals surface area contributed by atoms with Gasteiger partial charge >= 0.3 is 0 Å². The number of fused-ring (bicyclic) bond motifs is 1. The zero-order valence-electron chi connectivity index (χ0n) is 10.9. The van der Waals surface area contributed by atoms with Crippen LogP contribution in [0.5, 0.6) is 0 Å². The highest BCUT2D eigenvalue weighted by molar-refractivity contribution is 6.32. The zero-order valence-corrected chi connectivity index (χ0v) is 11.7. The Morgan fingerprint density at radius 1 is 1.56 bits per heavy atom. The molecule has 0 radical (unpaired) electrons. The van der Waals surface area contributed by atoms with Crippen molar-refractivity contribution in [2.24, 2.45) is 0 Å². The zero-order chi connectivity index (χ0) is 13.1. The van der Waals surface area contributed by atoms with E-state index in [0.717, 1.165) is 41.6 Å². The van der Waals surface area contributed by atoms with Gasteiger partial charge in [0.05, 0.1) is 11.4 Å². The summed E-state index contributed by atoms with van der Waals surface area (Å²) in [5.41, 5.74) is 8.89. The van der Waals surface area contributed by atoms with Gasteiger partial charge in [-0.2, -0.15) is 0 Å². The van der Waals surface area contributed by atoms with E-state index >= 15 is 0 Å². The number of halogens is 1. The summed E-state index contributed by atoms with van der Waals surface area (Å²) in [6, 6.07) is 4.19. The molecule has 0 aromatic heterocycles. The number of nitrogens with one attached hydrogen (secondary N) is 1. The monoisotopic (exact) mass is 265 g/mol. The standard InChI is InChI=1S/C14H20ClN3/c1-3-4-7-18-9-11-12(15)5-6-13(16)14(11)17-8-10(18)2/h3-6,10,17H,7-9,16H2,1-2H3/b4-3-/t10-/m0/s1. The molecule has 18 heavy (non-hydrogen) atoms. The Kier molecular flexibility index (Phi) is 4.15. The first-order valence-corrected chi connectivity index (χ1v) is 6.67. The lowest BCUT2D eigenvalue weighted by Crippen LogP contribution is -2.35. The number of nitrogens with zero attached hydrogens (tertiary/aromatic N) is 1. The molecule has 0 spiro atoms. The summed E-state index contributed by atoms with van der Waals surface area (Å²) in [4.78, 5) is 2.39. The molecule has 1 heterocycles. The number of hydrogen-bond donors (Lipinski definition) is 2. The maximum absolute atomic E-state index is 6.29. The fourth-order valence-electron chi connectivity index (χ4n) is 2.23. The fraction of sp³-hybridized carbons (Fsp3) is 0.429. The Morgan fingerprint density at radius 3 is 3.06 bits per heavy atom. The van der Waals surface area contributed by atoms with Crippen LogP contribution in [0, 0.1) is 0 Å². The van der Waals surface area contributed by atoms with Gasteiger partial charge in [-0.3, -0.25) is 4.90 Å². The third-order valence-corrected chi connectivity index (χ3v) is 3.78. The second kappa shape index (κ2) is 5.63. The second-order valence-electron chi connectivity index (χ2n) is 4.72. The van der Waals surface area contributed by atoms with E-state index in [1.165, 1.54) is 0 Å². The number of hydrogen-bond acceptors (Lipinski definition) is 3. The molecule has 2 rings (SSSR count). The third kappa shape index (κ3) is 2.62. The Balaban J connectivity index is 2.33. The number of rotatable bonds is 2. The minimum absolute atomic E-state index is 0.448. The van der Waals surface area contributed by atoms with Gasteiger partial charge in [0.15, 0.2) is 0 Å². The van der Waals surface area contributed by atoms with Gasteiger partial charge in [-0.15, -0.1) is 0 Å². The van der Waals surface area contributed by atoms with E-state index in [4.69, 9.17) is 17.3 Å². The number of allylic oxidation sites excluding steroid dienone is 1. The summed E-state index contributed by atoms with van der Waals surface area (Å²) in [7, 11) is 0. The molecule has 0 aliphatic carbocycles. The predicted octanol–water partition coefficient (Wildman–Crippen LogP) is 3.11. The van der Waals surface area contributed by atoms with Crippen molar-refractivity contribution in [1.29, 1.82) is 0 Å². The summed E-state index contributed by atoms with van der Waals surface area (Å²) in [5.74, 6) is 0. The predicted molar refractivity (Wildman–Crippen MR) is 79.0 cm³/mol. The molecule has 1 atom stereocenters. The van der Waals surface area contributed by atoms with Crippen LogP contribution in [0.15, 0.2) is 24.3 Å².